The fourth-order valence-electron chi connectivity index (χ4n) is 2.66. The summed E-state index contributed by atoms with van der Waals surface area (Å²) in [6, 6.07) is 1.19. The topological polar surface area (TPSA) is 31.0 Å². The lowest BCUT2D eigenvalue weighted by molar-refractivity contribution is 0.189. The molecule has 0 radical (unpaired) electrons. The molecule has 0 amide bonds. The van der Waals surface area contributed by atoms with Crippen LogP contribution in [0.5, 0.6) is 0 Å². The minimum Gasteiger partial charge on any atom is -0.397 e. The molecule has 3 nitrogen and oxygen atoms in total. The van der Waals surface area contributed by atoms with Gasteiger partial charge in [0.05, 0.1) is 12.2 Å². The standard InChI is InChI=1S/C13H26O3Si/c1-3-7-14-17(15-8-4-2)10-11-5-6-12-13(9-11)16-12/h11-13,17H,3-10H2,1-2H3. The summed E-state index contributed by atoms with van der Waals surface area (Å²) < 4.78 is 17.4. The molecule has 0 aromatic rings. The van der Waals surface area contributed by atoms with Gasteiger partial charge in [0.15, 0.2) is 0 Å². The number of rotatable bonds is 8. The average Bonchev–Trinajstić information content (AvgIpc) is 3.11. The first kappa shape index (κ1) is 13.5. The van der Waals surface area contributed by atoms with Crippen molar-refractivity contribution >= 4 is 9.28 Å². The minimum absolute atomic E-state index is 0.584. The Bertz CT molecular complexity index is 217. The maximum atomic E-state index is 5.92. The van der Waals surface area contributed by atoms with E-state index >= 15 is 0 Å². The van der Waals surface area contributed by atoms with Crippen LogP contribution in [0.4, 0.5) is 0 Å². The molecule has 1 aliphatic carbocycles. The lowest BCUT2D eigenvalue weighted by atomic mass is 9.91. The van der Waals surface area contributed by atoms with Crippen LogP contribution in [0.15, 0.2) is 0 Å². The molecule has 1 aliphatic heterocycles. The molecule has 1 saturated carbocycles. The second-order valence-electron chi connectivity index (χ2n) is 5.30. The zero-order valence-electron chi connectivity index (χ0n) is 11.2. The van der Waals surface area contributed by atoms with Crippen molar-refractivity contribution in [1.82, 2.24) is 0 Å². The van der Waals surface area contributed by atoms with Gasteiger partial charge in [0.2, 0.25) is 0 Å². The maximum Gasteiger partial charge on any atom is 0.321 e. The SMILES string of the molecule is CCCO[SiH](CC1CCC2OC2C1)OCCC. The van der Waals surface area contributed by atoms with Crippen LogP contribution in [-0.2, 0) is 13.6 Å². The molecule has 0 N–H and O–H groups in total. The van der Waals surface area contributed by atoms with E-state index in [1.807, 2.05) is 0 Å². The van der Waals surface area contributed by atoms with Gasteiger partial charge >= 0.3 is 9.28 Å². The van der Waals surface area contributed by atoms with Gasteiger partial charge in [-0.2, -0.15) is 0 Å². The lowest BCUT2D eigenvalue weighted by Gasteiger charge is -2.23. The molecule has 0 aromatic carbocycles. The first-order valence-corrected chi connectivity index (χ1v) is 8.98. The van der Waals surface area contributed by atoms with E-state index in [-0.39, 0.29) is 0 Å². The molecule has 100 valence electrons. The highest BCUT2D eigenvalue weighted by molar-refractivity contribution is 6.44. The molecule has 3 unspecified atom stereocenters. The van der Waals surface area contributed by atoms with Gasteiger partial charge in [0.25, 0.3) is 0 Å². The third-order valence-electron chi connectivity index (χ3n) is 3.65. The Labute approximate surface area is 107 Å². The van der Waals surface area contributed by atoms with E-state index in [2.05, 4.69) is 13.8 Å². The van der Waals surface area contributed by atoms with Gasteiger partial charge in [-0.1, -0.05) is 13.8 Å². The summed E-state index contributed by atoms with van der Waals surface area (Å²) in [4.78, 5) is 0. The summed E-state index contributed by atoms with van der Waals surface area (Å²) in [5, 5.41) is 0. The van der Waals surface area contributed by atoms with Crippen molar-refractivity contribution in [2.75, 3.05) is 13.2 Å². The van der Waals surface area contributed by atoms with Crippen molar-refractivity contribution in [2.45, 2.75) is 64.2 Å². The average molecular weight is 258 g/mol. The molecular weight excluding hydrogens is 232 g/mol. The van der Waals surface area contributed by atoms with Crippen molar-refractivity contribution < 1.29 is 13.6 Å². The minimum atomic E-state index is -1.41. The molecule has 2 rings (SSSR count). The molecule has 0 bridgehead atoms. The Morgan fingerprint density at radius 3 is 2.35 bits per heavy atom. The Morgan fingerprint density at radius 1 is 1.06 bits per heavy atom. The summed E-state index contributed by atoms with van der Waals surface area (Å²) in [5.74, 6) is 0.795. The smallest absolute Gasteiger partial charge is 0.321 e. The summed E-state index contributed by atoms with van der Waals surface area (Å²) in [6.45, 7) is 6.06. The van der Waals surface area contributed by atoms with Crippen LogP contribution in [0.25, 0.3) is 0 Å². The van der Waals surface area contributed by atoms with E-state index in [1.54, 1.807) is 0 Å². The van der Waals surface area contributed by atoms with Crippen molar-refractivity contribution in [3.63, 3.8) is 0 Å². The molecule has 2 aliphatic rings. The quantitative estimate of drug-likeness (QED) is 0.495. The molecule has 1 heterocycles. The number of hydrogen-bond acceptors (Lipinski definition) is 3. The highest BCUT2D eigenvalue weighted by Gasteiger charge is 2.44. The maximum absolute atomic E-state index is 5.92. The Hall–Kier alpha value is 0.0969. The summed E-state index contributed by atoms with van der Waals surface area (Å²) in [7, 11) is -1.41. The molecule has 2 fully saturated rings. The van der Waals surface area contributed by atoms with Crippen molar-refractivity contribution in [3.05, 3.63) is 0 Å². The predicted molar refractivity (Wildman–Crippen MR) is 70.4 cm³/mol. The van der Waals surface area contributed by atoms with Gasteiger partial charge < -0.3 is 13.6 Å². The van der Waals surface area contributed by atoms with Crippen molar-refractivity contribution in [2.24, 2.45) is 5.92 Å². The second kappa shape index (κ2) is 6.88. The third kappa shape index (κ3) is 4.36. The van der Waals surface area contributed by atoms with Crippen LogP contribution in [0, 0.1) is 5.92 Å². The first-order chi connectivity index (χ1) is 8.33. The fraction of sp³-hybridized carbons (Fsp3) is 1.00. The molecule has 17 heavy (non-hydrogen) atoms. The van der Waals surface area contributed by atoms with E-state index in [4.69, 9.17) is 13.6 Å². The molecular formula is C13H26O3Si. The lowest BCUT2D eigenvalue weighted by Crippen LogP contribution is -2.28. The van der Waals surface area contributed by atoms with Crippen LogP contribution in [0.3, 0.4) is 0 Å². The third-order valence-corrected chi connectivity index (χ3v) is 5.92. The van der Waals surface area contributed by atoms with Crippen LogP contribution in [-0.4, -0.2) is 34.7 Å². The highest BCUT2D eigenvalue weighted by atomic mass is 28.3. The molecule has 0 spiro atoms. The number of ether oxygens (including phenoxy) is 1. The summed E-state index contributed by atoms with van der Waals surface area (Å²) in [5.41, 5.74) is 0. The Balaban J connectivity index is 1.70. The van der Waals surface area contributed by atoms with Crippen LogP contribution >= 0.6 is 0 Å². The largest absolute Gasteiger partial charge is 0.397 e. The van der Waals surface area contributed by atoms with Gasteiger partial charge in [-0.25, -0.2) is 0 Å². The first-order valence-electron chi connectivity index (χ1n) is 7.22. The van der Waals surface area contributed by atoms with Gasteiger partial charge in [0.1, 0.15) is 0 Å². The number of hydrogen-bond donors (Lipinski definition) is 0. The molecule has 3 atom stereocenters. The van der Waals surface area contributed by atoms with E-state index in [9.17, 15) is 0 Å². The van der Waals surface area contributed by atoms with Crippen LogP contribution < -0.4 is 0 Å². The Kier molecular flexibility index (Phi) is 5.47. The summed E-state index contributed by atoms with van der Waals surface area (Å²) >= 11 is 0. The van der Waals surface area contributed by atoms with Crippen molar-refractivity contribution in [1.29, 1.82) is 0 Å². The zero-order valence-corrected chi connectivity index (χ0v) is 12.3. The normalized spacial score (nSPS) is 31.6. The van der Waals surface area contributed by atoms with Gasteiger partial charge in [-0.15, -0.1) is 0 Å². The second-order valence-corrected chi connectivity index (χ2v) is 7.30. The number of epoxide rings is 1. The predicted octanol–water partition coefficient (Wildman–Crippen LogP) is 2.63. The highest BCUT2D eigenvalue weighted by Crippen LogP contribution is 2.41. The fourth-order valence-corrected chi connectivity index (χ4v) is 4.99. The monoisotopic (exact) mass is 258 g/mol. The van der Waals surface area contributed by atoms with E-state index in [0.29, 0.717) is 12.2 Å². The van der Waals surface area contributed by atoms with E-state index in [0.717, 1.165) is 32.0 Å². The van der Waals surface area contributed by atoms with Crippen molar-refractivity contribution in [3.8, 4) is 0 Å². The van der Waals surface area contributed by atoms with Gasteiger partial charge in [-0.05, 0) is 44.1 Å². The summed E-state index contributed by atoms with van der Waals surface area (Å²) in [6.07, 6.45) is 7.21. The zero-order chi connectivity index (χ0) is 12.1. The Morgan fingerprint density at radius 2 is 1.76 bits per heavy atom. The molecule has 1 saturated heterocycles. The van der Waals surface area contributed by atoms with E-state index < -0.39 is 9.28 Å². The van der Waals surface area contributed by atoms with E-state index in [1.165, 1.54) is 25.3 Å². The van der Waals surface area contributed by atoms with Gasteiger partial charge in [0, 0.05) is 13.2 Å². The van der Waals surface area contributed by atoms with Gasteiger partial charge in [-0.3, -0.25) is 0 Å². The van der Waals surface area contributed by atoms with Crippen LogP contribution in [0.2, 0.25) is 6.04 Å². The molecule has 4 heteroatoms. The molecule has 0 aromatic heterocycles. The van der Waals surface area contributed by atoms with Crippen LogP contribution in [0.1, 0.15) is 46.0 Å². The number of fused-ring (bicyclic) bond motifs is 1.